The molecule has 0 aliphatic rings. The second-order valence-corrected chi connectivity index (χ2v) is 4.32. The number of nitrogens with one attached hydrogen (secondary N) is 1. The number of halogens is 3. The molecule has 0 unspecified atom stereocenters. The molecule has 0 aliphatic heterocycles. The molecule has 118 valence electrons. The first kappa shape index (κ1) is 17.2. The molecule has 9 heteroatoms. The van der Waals surface area contributed by atoms with Crippen molar-refractivity contribution in [3.05, 3.63) is 28.1 Å². The number of hydrogen-bond acceptors (Lipinski definition) is 5. The van der Waals surface area contributed by atoms with E-state index in [1.54, 1.807) is 7.11 Å². The molecule has 0 aromatic carbocycles. The van der Waals surface area contributed by atoms with Gasteiger partial charge in [-0.2, -0.15) is 13.2 Å². The van der Waals surface area contributed by atoms with Crippen molar-refractivity contribution in [3.8, 4) is 0 Å². The average molecular weight is 307 g/mol. The zero-order chi connectivity index (χ0) is 15.9. The number of nitrogens with zero attached hydrogens (tertiary/aromatic N) is 2. The molecule has 1 aromatic rings. The molecule has 1 heterocycles. The number of unbranched alkanes of at least 4 members (excludes halogenated alkanes) is 2. The van der Waals surface area contributed by atoms with Crippen LogP contribution in [0.4, 0.5) is 24.5 Å². The maximum atomic E-state index is 12.6. The highest BCUT2D eigenvalue weighted by Crippen LogP contribution is 2.32. The molecule has 1 N–H and O–H groups in total. The number of nitro groups is 1. The molecule has 0 amide bonds. The van der Waals surface area contributed by atoms with Crippen LogP contribution in [-0.4, -0.2) is 30.2 Å². The van der Waals surface area contributed by atoms with Gasteiger partial charge in [0.05, 0.1) is 4.92 Å². The molecule has 6 nitrogen and oxygen atoms in total. The molecule has 0 fully saturated rings. The standard InChI is InChI=1S/C12H16F3N3O3/c1-21-6-4-2-3-5-16-9-7-11(12(13,14)15)17-8-10(9)18(19)20/h7-8H,2-6H2,1H3,(H,16,17). The highest BCUT2D eigenvalue weighted by atomic mass is 19.4. The van der Waals surface area contributed by atoms with Gasteiger partial charge in [0.25, 0.3) is 0 Å². The first-order valence-electron chi connectivity index (χ1n) is 6.30. The van der Waals surface area contributed by atoms with Crippen LogP contribution in [0, 0.1) is 10.1 Å². The minimum absolute atomic E-state index is 0.172. The number of pyridine rings is 1. The SMILES string of the molecule is COCCCCCNc1cc(C(F)(F)F)ncc1[N+](=O)[O-]. The molecule has 0 spiro atoms. The predicted octanol–water partition coefficient (Wildman–Crippen LogP) is 3.24. The molecule has 1 aromatic heterocycles. The van der Waals surface area contributed by atoms with Crippen LogP contribution in [0.3, 0.4) is 0 Å². The van der Waals surface area contributed by atoms with Gasteiger partial charge in [-0.3, -0.25) is 10.1 Å². The number of alkyl halides is 3. The molecule has 0 saturated heterocycles. The number of aromatic nitrogens is 1. The minimum atomic E-state index is -4.63. The summed E-state index contributed by atoms with van der Waals surface area (Å²) < 4.78 is 42.5. The summed E-state index contributed by atoms with van der Waals surface area (Å²) in [5.74, 6) is 0. The Hall–Kier alpha value is -1.90. The maximum Gasteiger partial charge on any atom is 0.433 e. The van der Waals surface area contributed by atoms with Crippen LogP contribution in [0.2, 0.25) is 0 Å². The van der Waals surface area contributed by atoms with Gasteiger partial charge in [0.15, 0.2) is 0 Å². The number of anilines is 1. The van der Waals surface area contributed by atoms with Gasteiger partial charge >= 0.3 is 11.9 Å². The largest absolute Gasteiger partial charge is 0.433 e. The van der Waals surface area contributed by atoms with Crippen LogP contribution in [0.1, 0.15) is 25.0 Å². The van der Waals surface area contributed by atoms with E-state index < -0.39 is 22.5 Å². The van der Waals surface area contributed by atoms with Gasteiger partial charge < -0.3 is 10.1 Å². The van der Waals surface area contributed by atoms with Gasteiger partial charge in [-0.25, -0.2) is 4.98 Å². The zero-order valence-corrected chi connectivity index (χ0v) is 11.4. The molecular weight excluding hydrogens is 291 g/mol. The van der Waals surface area contributed by atoms with Crippen molar-refractivity contribution in [2.24, 2.45) is 0 Å². The fourth-order valence-corrected chi connectivity index (χ4v) is 1.66. The van der Waals surface area contributed by atoms with E-state index in [0.29, 0.717) is 31.8 Å². The third-order valence-electron chi connectivity index (χ3n) is 2.71. The van der Waals surface area contributed by atoms with Gasteiger partial charge in [-0.05, 0) is 25.3 Å². The topological polar surface area (TPSA) is 77.3 Å². The number of hydrogen-bond donors (Lipinski definition) is 1. The lowest BCUT2D eigenvalue weighted by atomic mass is 10.2. The molecule has 0 bridgehead atoms. The van der Waals surface area contributed by atoms with E-state index >= 15 is 0 Å². The van der Waals surface area contributed by atoms with Gasteiger partial charge in [-0.15, -0.1) is 0 Å². The average Bonchev–Trinajstić information content (AvgIpc) is 2.41. The van der Waals surface area contributed by atoms with Crippen molar-refractivity contribution in [1.82, 2.24) is 4.98 Å². The highest BCUT2D eigenvalue weighted by Gasteiger charge is 2.34. The summed E-state index contributed by atoms with van der Waals surface area (Å²) in [5, 5.41) is 13.4. The minimum Gasteiger partial charge on any atom is -0.385 e. The lowest BCUT2D eigenvalue weighted by molar-refractivity contribution is -0.384. The lowest BCUT2D eigenvalue weighted by Crippen LogP contribution is -2.11. The molecule has 0 aliphatic carbocycles. The Morgan fingerprint density at radius 3 is 2.67 bits per heavy atom. The number of rotatable bonds is 8. The summed E-state index contributed by atoms with van der Waals surface area (Å²) in [4.78, 5) is 13.1. The second kappa shape index (κ2) is 7.77. The fourth-order valence-electron chi connectivity index (χ4n) is 1.66. The first-order valence-corrected chi connectivity index (χ1v) is 6.30. The summed E-state index contributed by atoms with van der Waals surface area (Å²) >= 11 is 0. The van der Waals surface area contributed by atoms with Gasteiger partial charge in [0.1, 0.15) is 17.6 Å². The van der Waals surface area contributed by atoms with E-state index in [1.807, 2.05) is 0 Å². The number of methoxy groups -OCH3 is 1. The summed E-state index contributed by atoms with van der Waals surface area (Å²) in [7, 11) is 1.58. The third kappa shape index (κ3) is 5.54. The van der Waals surface area contributed by atoms with Crippen LogP contribution in [0.5, 0.6) is 0 Å². The summed E-state index contributed by atoms with van der Waals surface area (Å²) in [6.07, 6.45) is -1.71. The quantitative estimate of drug-likeness (QED) is 0.453. The van der Waals surface area contributed by atoms with Crippen LogP contribution in [0.15, 0.2) is 12.3 Å². The van der Waals surface area contributed by atoms with Crippen LogP contribution >= 0.6 is 0 Å². The Morgan fingerprint density at radius 1 is 1.38 bits per heavy atom. The van der Waals surface area contributed by atoms with Crippen molar-refractivity contribution in [2.45, 2.75) is 25.4 Å². The van der Waals surface area contributed by atoms with E-state index in [-0.39, 0.29) is 5.69 Å². The Labute approximate surface area is 119 Å². The van der Waals surface area contributed by atoms with E-state index in [4.69, 9.17) is 4.74 Å². The second-order valence-electron chi connectivity index (χ2n) is 4.32. The summed E-state index contributed by atoms with van der Waals surface area (Å²) in [5.41, 5.74) is -1.80. The molecule has 21 heavy (non-hydrogen) atoms. The van der Waals surface area contributed by atoms with E-state index in [0.717, 1.165) is 12.8 Å². The first-order chi connectivity index (χ1) is 9.86. The van der Waals surface area contributed by atoms with Gasteiger partial charge in [-0.1, -0.05) is 0 Å². The maximum absolute atomic E-state index is 12.6. The Bertz CT molecular complexity index is 481. The molecule has 0 radical (unpaired) electrons. The zero-order valence-electron chi connectivity index (χ0n) is 11.4. The van der Waals surface area contributed by atoms with Crippen molar-refractivity contribution in [1.29, 1.82) is 0 Å². The van der Waals surface area contributed by atoms with Crippen molar-refractivity contribution < 1.29 is 22.8 Å². The molecular formula is C12H16F3N3O3. The third-order valence-corrected chi connectivity index (χ3v) is 2.71. The Kier molecular flexibility index (Phi) is 6.35. The number of ether oxygens (including phenoxy) is 1. The van der Waals surface area contributed by atoms with E-state index in [1.165, 1.54) is 0 Å². The predicted molar refractivity (Wildman–Crippen MR) is 70.1 cm³/mol. The van der Waals surface area contributed by atoms with Crippen molar-refractivity contribution >= 4 is 11.4 Å². The Balaban J connectivity index is 2.71. The fraction of sp³-hybridized carbons (Fsp3) is 0.583. The normalized spacial score (nSPS) is 11.4. The van der Waals surface area contributed by atoms with Gasteiger partial charge in [0, 0.05) is 20.3 Å². The Morgan fingerprint density at radius 2 is 2.10 bits per heavy atom. The van der Waals surface area contributed by atoms with E-state index in [9.17, 15) is 23.3 Å². The summed E-state index contributed by atoms with van der Waals surface area (Å²) in [6, 6.07) is 0.660. The van der Waals surface area contributed by atoms with Crippen molar-refractivity contribution in [2.75, 3.05) is 25.6 Å². The smallest absolute Gasteiger partial charge is 0.385 e. The molecule has 0 atom stereocenters. The monoisotopic (exact) mass is 307 g/mol. The highest BCUT2D eigenvalue weighted by molar-refractivity contribution is 5.61. The molecule has 0 saturated carbocycles. The van der Waals surface area contributed by atoms with Crippen LogP contribution < -0.4 is 5.32 Å². The van der Waals surface area contributed by atoms with E-state index in [2.05, 4.69) is 10.3 Å². The summed E-state index contributed by atoms with van der Waals surface area (Å²) in [6.45, 7) is 0.944. The van der Waals surface area contributed by atoms with Gasteiger partial charge in [0.2, 0.25) is 0 Å². The van der Waals surface area contributed by atoms with Crippen LogP contribution in [-0.2, 0) is 10.9 Å². The van der Waals surface area contributed by atoms with Crippen LogP contribution in [0.25, 0.3) is 0 Å². The molecule has 1 rings (SSSR count). The van der Waals surface area contributed by atoms with Crippen molar-refractivity contribution in [3.63, 3.8) is 0 Å². The lowest BCUT2D eigenvalue weighted by Gasteiger charge is -2.10.